The maximum atomic E-state index is 12.6. The highest BCUT2D eigenvalue weighted by Gasteiger charge is 2.55. The van der Waals surface area contributed by atoms with Crippen molar-refractivity contribution >= 4 is 17.4 Å². The van der Waals surface area contributed by atoms with Gasteiger partial charge in [-0.3, -0.25) is 0 Å². The van der Waals surface area contributed by atoms with Gasteiger partial charge < -0.3 is 15.4 Å². The van der Waals surface area contributed by atoms with Crippen molar-refractivity contribution in [1.82, 2.24) is 4.90 Å². The molecule has 0 saturated carbocycles. The van der Waals surface area contributed by atoms with Crippen LogP contribution >= 0.6 is 11.3 Å². The van der Waals surface area contributed by atoms with Crippen LogP contribution in [-0.4, -0.2) is 29.7 Å². The second kappa shape index (κ2) is 7.28. The van der Waals surface area contributed by atoms with E-state index in [2.05, 4.69) is 18.2 Å². The Bertz CT molecular complexity index is 997. The minimum Gasteiger partial charge on any atom is -0.444 e. The molecule has 1 aliphatic heterocycles. The number of amides is 1. The highest BCUT2D eigenvalue weighted by molar-refractivity contribution is 7.08. The molecular formula is C21H21N5O2S. The first-order chi connectivity index (χ1) is 13.7. The van der Waals surface area contributed by atoms with Gasteiger partial charge in [0.2, 0.25) is 0 Å². The van der Waals surface area contributed by atoms with E-state index in [1.807, 2.05) is 16.8 Å². The summed E-state index contributed by atoms with van der Waals surface area (Å²) in [6, 6.07) is 8.10. The molecule has 0 radical (unpaired) electrons. The van der Waals surface area contributed by atoms with Crippen LogP contribution in [0.25, 0.3) is 0 Å². The van der Waals surface area contributed by atoms with Gasteiger partial charge in [-0.05, 0) is 48.7 Å². The third-order valence-electron chi connectivity index (χ3n) is 5.22. The monoisotopic (exact) mass is 407 g/mol. The average Bonchev–Trinajstić information content (AvgIpc) is 3.19. The van der Waals surface area contributed by atoms with E-state index >= 15 is 0 Å². The molecule has 0 bridgehead atoms. The molecule has 0 fully saturated rings. The summed E-state index contributed by atoms with van der Waals surface area (Å²) in [6.45, 7) is 5.86. The zero-order valence-electron chi connectivity index (χ0n) is 16.5. The molecule has 7 nitrogen and oxygen atoms in total. The zero-order chi connectivity index (χ0) is 21.4. The highest BCUT2D eigenvalue weighted by atomic mass is 32.1. The van der Waals surface area contributed by atoms with Crippen molar-refractivity contribution in [2.24, 2.45) is 17.1 Å². The number of hydrogen-bond acceptors (Lipinski definition) is 7. The maximum Gasteiger partial charge on any atom is 0.410 e. The number of nitriles is 3. The third-order valence-corrected chi connectivity index (χ3v) is 5.92. The molecule has 0 spiro atoms. The van der Waals surface area contributed by atoms with Crippen molar-refractivity contribution < 1.29 is 9.53 Å². The second-order valence-corrected chi connectivity index (χ2v) is 8.90. The first kappa shape index (κ1) is 20.5. The zero-order valence-corrected chi connectivity index (χ0v) is 17.3. The Morgan fingerprint density at radius 2 is 2.03 bits per heavy atom. The fourth-order valence-corrected chi connectivity index (χ4v) is 4.68. The fourth-order valence-electron chi connectivity index (χ4n) is 3.98. The summed E-state index contributed by atoms with van der Waals surface area (Å²) in [7, 11) is 0. The molecule has 2 N–H and O–H groups in total. The minimum atomic E-state index is -1.69. The molecule has 0 aromatic carbocycles. The van der Waals surface area contributed by atoms with Gasteiger partial charge in [-0.1, -0.05) is 6.08 Å². The SMILES string of the molecule is CC(C)(C)OC(=O)N1CC=C2C(C#N)=C(N)C(C#N)(C#N)[C@@H](c3ccsc3)[C@H]2C1. The third kappa shape index (κ3) is 3.35. The van der Waals surface area contributed by atoms with Gasteiger partial charge in [-0.15, -0.1) is 0 Å². The normalized spacial score (nSPS) is 23.2. The van der Waals surface area contributed by atoms with Crippen LogP contribution in [0.1, 0.15) is 32.3 Å². The predicted octanol–water partition coefficient (Wildman–Crippen LogP) is 3.41. The first-order valence-corrected chi connectivity index (χ1v) is 10.1. The van der Waals surface area contributed by atoms with Gasteiger partial charge in [-0.2, -0.15) is 27.1 Å². The molecular weight excluding hydrogens is 386 g/mol. The Morgan fingerprint density at radius 1 is 1.34 bits per heavy atom. The summed E-state index contributed by atoms with van der Waals surface area (Å²) >= 11 is 1.45. The lowest BCUT2D eigenvalue weighted by Gasteiger charge is -2.45. The number of fused-ring (bicyclic) bond motifs is 1. The van der Waals surface area contributed by atoms with Crippen molar-refractivity contribution in [3.05, 3.63) is 45.3 Å². The Balaban J connectivity index is 2.14. The van der Waals surface area contributed by atoms with Gasteiger partial charge in [0, 0.05) is 24.9 Å². The minimum absolute atomic E-state index is 0.0191. The van der Waals surface area contributed by atoms with E-state index in [4.69, 9.17) is 10.5 Å². The molecule has 3 rings (SSSR count). The van der Waals surface area contributed by atoms with E-state index in [0.717, 1.165) is 5.56 Å². The summed E-state index contributed by atoms with van der Waals surface area (Å²) in [4.78, 5) is 14.2. The highest BCUT2D eigenvalue weighted by Crippen LogP contribution is 2.54. The van der Waals surface area contributed by atoms with Crippen LogP contribution in [0.15, 0.2) is 39.7 Å². The second-order valence-electron chi connectivity index (χ2n) is 8.12. The van der Waals surface area contributed by atoms with Crippen LogP contribution in [0.4, 0.5) is 4.79 Å². The number of allylic oxidation sites excluding steroid dienone is 2. The molecule has 0 saturated heterocycles. The molecule has 2 aliphatic rings. The van der Waals surface area contributed by atoms with E-state index in [9.17, 15) is 20.6 Å². The lowest BCUT2D eigenvalue weighted by molar-refractivity contribution is 0.0225. The number of ether oxygens (including phenoxy) is 1. The lowest BCUT2D eigenvalue weighted by atomic mass is 9.58. The summed E-state index contributed by atoms with van der Waals surface area (Å²) in [5.74, 6) is -1.02. The number of rotatable bonds is 1. The van der Waals surface area contributed by atoms with Crippen molar-refractivity contribution in [3.8, 4) is 18.2 Å². The van der Waals surface area contributed by atoms with E-state index < -0.39 is 28.9 Å². The van der Waals surface area contributed by atoms with Crippen LogP contribution in [0.2, 0.25) is 0 Å². The van der Waals surface area contributed by atoms with Gasteiger partial charge in [0.05, 0.1) is 23.4 Å². The van der Waals surface area contributed by atoms with Crippen molar-refractivity contribution in [2.75, 3.05) is 13.1 Å². The molecule has 1 aliphatic carbocycles. The molecule has 2 heterocycles. The standard InChI is InChI=1S/C21H21N5O2S/c1-20(2,3)28-19(27)26-6-4-14-15(8-22)18(25)21(11-23,12-24)17(16(14)9-26)13-5-7-29-10-13/h4-5,7,10,16-17H,6,9,25H2,1-3H3/t16-,17-/m0/s1. The molecule has 29 heavy (non-hydrogen) atoms. The lowest BCUT2D eigenvalue weighted by Crippen LogP contribution is -2.50. The van der Waals surface area contributed by atoms with Crippen LogP contribution in [0.5, 0.6) is 0 Å². The molecule has 1 aromatic rings. The molecule has 2 atom stereocenters. The van der Waals surface area contributed by atoms with Crippen LogP contribution in [0, 0.1) is 45.3 Å². The molecule has 148 valence electrons. The molecule has 1 aromatic heterocycles. The largest absolute Gasteiger partial charge is 0.444 e. The Kier molecular flexibility index (Phi) is 5.13. The summed E-state index contributed by atoms with van der Waals surface area (Å²) in [5.41, 5.74) is 5.52. The predicted molar refractivity (Wildman–Crippen MR) is 107 cm³/mol. The van der Waals surface area contributed by atoms with Gasteiger partial charge in [0.25, 0.3) is 0 Å². The van der Waals surface area contributed by atoms with Crippen molar-refractivity contribution in [2.45, 2.75) is 32.3 Å². The van der Waals surface area contributed by atoms with Gasteiger partial charge >= 0.3 is 6.09 Å². The van der Waals surface area contributed by atoms with E-state index in [-0.39, 0.29) is 24.4 Å². The fraction of sp³-hybridized carbons (Fsp3) is 0.429. The Labute approximate surface area is 173 Å². The van der Waals surface area contributed by atoms with Crippen LogP contribution < -0.4 is 5.73 Å². The quantitative estimate of drug-likeness (QED) is 0.760. The molecule has 1 amide bonds. The summed E-state index contributed by atoms with van der Waals surface area (Å²) < 4.78 is 5.49. The van der Waals surface area contributed by atoms with Gasteiger partial charge in [0.15, 0.2) is 5.41 Å². The Hall–Kier alpha value is -3.28. The van der Waals surface area contributed by atoms with E-state index in [0.29, 0.717) is 5.57 Å². The number of nitrogens with two attached hydrogens (primary N) is 1. The van der Waals surface area contributed by atoms with Crippen molar-refractivity contribution in [1.29, 1.82) is 15.8 Å². The van der Waals surface area contributed by atoms with Crippen LogP contribution in [0.3, 0.4) is 0 Å². The summed E-state index contributed by atoms with van der Waals surface area (Å²) in [5, 5.41) is 33.5. The van der Waals surface area contributed by atoms with Crippen LogP contribution in [-0.2, 0) is 4.74 Å². The first-order valence-electron chi connectivity index (χ1n) is 9.11. The molecule has 0 unspecified atom stereocenters. The van der Waals surface area contributed by atoms with Crippen molar-refractivity contribution in [3.63, 3.8) is 0 Å². The number of nitrogens with zero attached hydrogens (tertiary/aromatic N) is 4. The topological polar surface area (TPSA) is 127 Å². The number of thiophene rings is 1. The maximum absolute atomic E-state index is 12.6. The van der Waals surface area contributed by atoms with E-state index in [1.54, 1.807) is 26.8 Å². The molecule has 8 heteroatoms. The summed E-state index contributed by atoms with van der Waals surface area (Å²) in [6.07, 6.45) is 1.30. The number of carbonyl (C=O) groups is 1. The smallest absolute Gasteiger partial charge is 0.410 e. The van der Waals surface area contributed by atoms with E-state index in [1.165, 1.54) is 16.2 Å². The average molecular weight is 407 g/mol. The number of hydrogen-bond donors (Lipinski definition) is 1. The van der Waals surface area contributed by atoms with Gasteiger partial charge in [-0.25, -0.2) is 4.79 Å². The Morgan fingerprint density at radius 3 is 2.55 bits per heavy atom. The van der Waals surface area contributed by atoms with Gasteiger partial charge in [0.1, 0.15) is 11.7 Å². The number of carbonyl (C=O) groups excluding carboxylic acids is 1.